The standard InChI is InChI=1S/C20H17FN2O2S/c1-12-17(18-10-14(21)4-7-20(18)22-12)11-15-5-3-13-9-16(26(2,24)25)6-8-19(13)23-15/h3-10,22H,11H2,1-2H3. The van der Waals surface area contributed by atoms with Gasteiger partial charge in [-0.2, -0.15) is 0 Å². The summed E-state index contributed by atoms with van der Waals surface area (Å²) in [4.78, 5) is 8.20. The molecule has 0 aliphatic heterocycles. The number of halogens is 1. The Kier molecular flexibility index (Phi) is 3.80. The Morgan fingerprint density at radius 1 is 1.08 bits per heavy atom. The maximum Gasteiger partial charge on any atom is 0.175 e. The predicted octanol–water partition coefficient (Wildman–Crippen LogP) is 4.16. The number of aromatic amines is 1. The number of aryl methyl sites for hydroxylation is 1. The summed E-state index contributed by atoms with van der Waals surface area (Å²) in [6.07, 6.45) is 1.76. The normalized spacial score (nSPS) is 12.1. The van der Waals surface area contributed by atoms with Crippen molar-refractivity contribution in [2.75, 3.05) is 6.26 Å². The summed E-state index contributed by atoms with van der Waals surface area (Å²) in [7, 11) is -3.25. The molecule has 0 unspecified atom stereocenters. The van der Waals surface area contributed by atoms with E-state index in [2.05, 4.69) is 9.97 Å². The molecule has 4 nitrogen and oxygen atoms in total. The summed E-state index contributed by atoms with van der Waals surface area (Å²) in [5.41, 5.74) is 4.48. The Labute approximate surface area is 150 Å². The van der Waals surface area contributed by atoms with E-state index in [-0.39, 0.29) is 10.7 Å². The fourth-order valence-electron chi connectivity index (χ4n) is 3.24. The van der Waals surface area contributed by atoms with Crippen molar-refractivity contribution in [2.24, 2.45) is 0 Å². The van der Waals surface area contributed by atoms with Crippen molar-refractivity contribution in [3.63, 3.8) is 0 Å². The predicted molar refractivity (Wildman–Crippen MR) is 101 cm³/mol. The van der Waals surface area contributed by atoms with Crippen molar-refractivity contribution in [1.29, 1.82) is 0 Å². The van der Waals surface area contributed by atoms with Gasteiger partial charge in [0.05, 0.1) is 10.4 Å². The van der Waals surface area contributed by atoms with E-state index in [1.807, 2.05) is 19.1 Å². The Morgan fingerprint density at radius 3 is 2.65 bits per heavy atom. The van der Waals surface area contributed by atoms with Crippen molar-refractivity contribution in [3.05, 3.63) is 71.3 Å². The van der Waals surface area contributed by atoms with Gasteiger partial charge in [-0.1, -0.05) is 6.07 Å². The lowest BCUT2D eigenvalue weighted by Crippen LogP contribution is -1.98. The smallest absolute Gasteiger partial charge is 0.175 e. The van der Waals surface area contributed by atoms with E-state index in [0.29, 0.717) is 6.42 Å². The molecule has 6 heteroatoms. The number of aromatic nitrogens is 2. The van der Waals surface area contributed by atoms with Crippen LogP contribution >= 0.6 is 0 Å². The number of hydrogen-bond acceptors (Lipinski definition) is 3. The Bertz CT molecular complexity index is 1260. The Morgan fingerprint density at radius 2 is 1.88 bits per heavy atom. The fourth-order valence-corrected chi connectivity index (χ4v) is 3.89. The van der Waals surface area contributed by atoms with Gasteiger partial charge < -0.3 is 4.98 Å². The average molecular weight is 368 g/mol. The van der Waals surface area contributed by atoms with Gasteiger partial charge in [-0.05, 0) is 55.0 Å². The summed E-state index contributed by atoms with van der Waals surface area (Å²) >= 11 is 0. The van der Waals surface area contributed by atoms with Crippen LogP contribution in [0.25, 0.3) is 21.8 Å². The first kappa shape index (κ1) is 16.7. The molecule has 0 atom stereocenters. The highest BCUT2D eigenvalue weighted by molar-refractivity contribution is 7.90. The summed E-state index contributed by atoms with van der Waals surface area (Å²) in [6.45, 7) is 1.96. The number of rotatable bonds is 3. The lowest BCUT2D eigenvalue weighted by atomic mass is 10.0. The van der Waals surface area contributed by atoms with E-state index in [1.54, 1.807) is 24.3 Å². The number of pyridine rings is 1. The molecular weight excluding hydrogens is 351 g/mol. The topological polar surface area (TPSA) is 62.8 Å². The Hall–Kier alpha value is -2.73. The number of nitrogens with one attached hydrogen (secondary N) is 1. The molecule has 26 heavy (non-hydrogen) atoms. The molecule has 2 aromatic heterocycles. The van der Waals surface area contributed by atoms with Gasteiger partial charge in [-0.15, -0.1) is 0 Å². The van der Waals surface area contributed by atoms with E-state index in [0.717, 1.165) is 38.8 Å². The van der Waals surface area contributed by atoms with Gasteiger partial charge in [0.1, 0.15) is 5.82 Å². The summed E-state index contributed by atoms with van der Waals surface area (Å²) in [6, 6.07) is 13.4. The van der Waals surface area contributed by atoms with Gasteiger partial charge in [0.25, 0.3) is 0 Å². The van der Waals surface area contributed by atoms with Crippen molar-refractivity contribution in [2.45, 2.75) is 18.2 Å². The SMILES string of the molecule is Cc1[nH]c2ccc(F)cc2c1Cc1ccc2cc(S(C)(=O)=O)ccc2n1. The van der Waals surface area contributed by atoms with Crippen LogP contribution in [0.2, 0.25) is 0 Å². The monoisotopic (exact) mass is 368 g/mol. The molecule has 0 fully saturated rings. The van der Waals surface area contributed by atoms with E-state index in [9.17, 15) is 12.8 Å². The van der Waals surface area contributed by atoms with Crippen LogP contribution in [0.15, 0.2) is 53.4 Å². The lowest BCUT2D eigenvalue weighted by Gasteiger charge is -2.06. The summed E-state index contributed by atoms with van der Waals surface area (Å²) in [5, 5.41) is 1.63. The molecule has 0 saturated carbocycles. The zero-order chi connectivity index (χ0) is 18.5. The molecule has 132 valence electrons. The number of sulfone groups is 1. The number of nitrogens with zero attached hydrogens (tertiary/aromatic N) is 1. The molecule has 1 N–H and O–H groups in total. The third-order valence-electron chi connectivity index (χ3n) is 4.59. The van der Waals surface area contributed by atoms with Crippen LogP contribution in [-0.4, -0.2) is 24.6 Å². The van der Waals surface area contributed by atoms with Crippen molar-refractivity contribution < 1.29 is 12.8 Å². The summed E-state index contributed by atoms with van der Waals surface area (Å²) in [5.74, 6) is -0.266. The molecule has 0 aliphatic carbocycles. The third-order valence-corrected chi connectivity index (χ3v) is 5.70. The van der Waals surface area contributed by atoms with Crippen LogP contribution in [0.1, 0.15) is 17.0 Å². The second-order valence-corrected chi connectivity index (χ2v) is 8.54. The molecule has 0 aliphatic rings. The van der Waals surface area contributed by atoms with Crippen LogP contribution in [0, 0.1) is 12.7 Å². The maximum absolute atomic E-state index is 13.6. The second kappa shape index (κ2) is 5.92. The number of hydrogen-bond donors (Lipinski definition) is 1. The van der Waals surface area contributed by atoms with Gasteiger partial charge in [0.15, 0.2) is 9.84 Å². The minimum absolute atomic E-state index is 0.266. The number of fused-ring (bicyclic) bond motifs is 2. The maximum atomic E-state index is 13.6. The molecular formula is C20H17FN2O2S. The van der Waals surface area contributed by atoms with Crippen LogP contribution in [-0.2, 0) is 16.3 Å². The van der Waals surface area contributed by atoms with Crippen molar-refractivity contribution >= 4 is 31.6 Å². The third kappa shape index (κ3) is 2.97. The average Bonchev–Trinajstić information content (AvgIpc) is 2.89. The van der Waals surface area contributed by atoms with E-state index in [1.165, 1.54) is 18.4 Å². The minimum Gasteiger partial charge on any atom is -0.358 e. The van der Waals surface area contributed by atoms with E-state index in [4.69, 9.17) is 0 Å². The largest absolute Gasteiger partial charge is 0.358 e. The number of H-pyrrole nitrogens is 1. The molecule has 2 aromatic carbocycles. The second-order valence-electron chi connectivity index (χ2n) is 6.52. The van der Waals surface area contributed by atoms with Crippen molar-refractivity contribution in [1.82, 2.24) is 9.97 Å². The molecule has 2 heterocycles. The first-order valence-electron chi connectivity index (χ1n) is 8.18. The summed E-state index contributed by atoms with van der Waals surface area (Å²) < 4.78 is 37.0. The highest BCUT2D eigenvalue weighted by Gasteiger charge is 2.12. The van der Waals surface area contributed by atoms with E-state index < -0.39 is 9.84 Å². The molecule has 0 spiro atoms. The van der Waals surface area contributed by atoms with Crippen LogP contribution in [0.3, 0.4) is 0 Å². The zero-order valence-electron chi connectivity index (χ0n) is 14.4. The molecule has 4 aromatic rings. The van der Waals surface area contributed by atoms with Crippen LogP contribution < -0.4 is 0 Å². The van der Waals surface area contributed by atoms with Crippen LogP contribution in [0.5, 0.6) is 0 Å². The molecule has 4 rings (SSSR count). The fraction of sp³-hybridized carbons (Fsp3) is 0.150. The molecule has 0 bridgehead atoms. The minimum atomic E-state index is -3.25. The van der Waals surface area contributed by atoms with Gasteiger partial charge >= 0.3 is 0 Å². The van der Waals surface area contributed by atoms with Gasteiger partial charge in [-0.25, -0.2) is 12.8 Å². The Balaban J connectivity index is 1.76. The zero-order valence-corrected chi connectivity index (χ0v) is 15.2. The quantitative estimate of drug-likeness (QED) is 0.591. The van der Waals surface area contributed by atoms with E-state index >= 15 is 0 Å². The first-order valence-corrected chi connectivity index (χ1v) is 10.1. The highest BCUT2D eigenvalue weighted by Crippen LogP contribution is 2.26. The first-order chi connectivity index (χ1) is 12.3. The molecule has 0 saturated heterocycles. The van der Waals surface area contributed by atoms with Gasteiger partial charge in [0.2, 0.25) is 0 Å². The van der Waals surface area contributed by atoms with Gasteiger partial charge in [0, 0.05) is 40.4 Å². The van der Waals surface area contributed by atoms with Gasteiger partial charge in [-0.3, -0.25) is 4.98 Å². The highest BCUT2D eigenvalue weighted by atomic mass is 32.2. The molecule has 0 radical (unpaired) electrons. The number of benzene rings is 2. The molecule has 0 amide bonds. The van der Waals surface area contributed by atoms with Crippen LogP contribution in [0.4, 0.5) is 4.39 Å². The lowest BCUT2D eigenvalue weighted by molar-refractivity contribution is 0.602. The van der Waals surface area contributed by atoms with Crippen molar-refractivity contribution in [3.8, 4) is 0 Å².